The van der Waals surface area contributed by atoms with Gasteiger partial charge in [0.2, 0.25) is 0 Å². The summed E-state index contributed by atoms with van der Waals surface area (Å²) < 4.78 is 4.38. The van der Waals surface area contributed by atoms with Crippen molar-refractivity contribution in [1.29, 1.82) is 0 Å². The molecule has 2 aromatic heterocycles. The molecule has 0 aliphatic rings. The number of aromatic nitrogens is 4. The summed E-state index contributed by atoms with van der Waals surface area (Å²) in [6, 6.07) is 9.80. The van der Waals surface area contributed by atoms with Crippen LogP contribution < -0.4 is 0 Å². The van der Waals surface area contributed by atoms with Gasteiger partial charge in [0.25, 0.3) is 0 Å². The van der Waals surface area contributed by atoms with Crippen LogP contribution >= 0.6 is 15.9 Å². The lowest BCUT2D eigenvalue weighted by Crippen LogP contribution is -2.07. The first-order valence-electron chi connectivity index (χ1n) is 6.16. The molecule has 20 heavy (non-hydrogen) atoms. The van der Waals surface area contributed by atoms with Gasteiger partial charge < -0.3 is 5.11 Å². The van der Waals surface area contributed by atoms with Crippen molar-refractivity contribution in [3.8, 4) is 11.5 Å². The van der Waals surface area contributed by atoms with Gasteiger partial charge in [0.15, 0.2) is 5.82 Å². The molecule has 5 nitrogen and oxygen atoms in total. The van der Waals surface area contributed by atoms with E-state index >= 15 is 0 Å². The molecular formula is C14H13BrN4O. The lowest BCUT2D eigenvalue weighted by atomic mass is 10.2. The summed E-state index contributed by atoms with van der Waals surface area (Å²) in [5, 5.41) is 18.4. The largest absolute Gasteiger partial charge is 0.391 e. The molecule has 0 aliphatic heterocycles. The third-order valence-corrected chi connectivity index (χ3v) is 3.49. The first-order valence-corrected chi connectivity index (χ1v) is 6.95. The topological polar surface area (TPSA) is 55.9 Å². The molecule has 0 atom stereocenters. The van der Waals surface area contributed by atoms with Crippen molar-refractivity contribution in [2.75, 3.05) is 0 Å². The summed E-state index contributed by atoms with van der Waals surface area (Å²) in [5.41, 5.74) is 2.49. The third-order valence-electron chi connectivity index (χ3n) is 3.08. The molecule has 0 aliphatic carbocycles. The van der Waals surface area contributed by atoms with Crippen molar-refractivity contribution in [3.63, 3.8) is 0 Å². The number of aryl methyl sites for hydroxylation is 1. The minimum Gasteiger partial charge on any atom is -0.391 e. The molecule has 3 aromatic rings. The summed E-state index contributed by atoms with van der Waals surface area (Å²) in [4.78, 5) is 0. The number of rotatable bonds is 3. The lowest BCUT2D eigenvalue weighted by Gasteiger charge is -2.08. The highest BCUT2D eigenvalue weighted by molar-refractivity contribution is 9.10. The summed E-state index contributed by atoms with van der Waals surface area (Å²) in [6.45, 7) is 1.80. The van der Waals surface area contributed by atoms with Gasteiger partial charge in [-0.2, -0.15) is 10.2 Å². The maximum absolute atomic E-state index is 9.62. The van der Waals surface area contributed by atoms with Crippen LogP contribution in [-0.2, 0) is 6.61 Å². The molecule has 0 spiro atoms. The molecular weight excluding hydrogens is 320 g/mol. The Bertz CT molecular complexity index is 733. The average Bonchev–Trinajstić information content (AvgIpc) is 3.03. The van der Waals surface area contributed by atoms with Gasteiger partial charge in [0.05, 0.1) is 28.7 Å². The van der Waals surface area contributed by atoms with Crippen LogP contribution in [0.4, 0.5) is 0 Å². The van der Waals surface area contributed by atoms with Gasteiger partial charge in [-0.1, -0.05) is 18.2 Å². The molecule has 0 radical (unpaired) electrons. The van der Waals surface area contributed by atoms with Crippen molar-refractivity contribution >= 4 is 15.9 Å². The standard InChI is InChI=1S/C14H13BrN4O/c1-10-13(9-20)14(18-8-11(15)7-16-18)19(17-10)12-5-3-2-4-6-12/h2-8,20H,9H2,1H3. The molecule has 3 rings (SSSR count). The van der Waals surface area contributed by atoms with Crippen LogP contribution in [0.2, 0.25) is 0 Å². The number of hydrogen-bond acceptors (Lipinski definition) is 3. The molecule has 0 bridgehead atoms. The molecule has 1 N–H and O–H groups in total. The van der Waals surface area contributed by atoms with Crippen molar-refractivity contribution in [3.05, 3.63) is 58.5 Å². The molecule has 2 heterocycles. The zero-order valence-electron chi connectivity index (χ0n) is 10.9. The van der Waals surface area contributed by atoms with Gasteiger partial charge in [-0.05, 0) is 35.0 Å². The van der Waals surface area contributed by atoms with Crippen LogP contribution in [0.25, 0.3) is 11.5 Å². The van der Waals surface area contributed by atoms with E-state index in [2.05, 4.69) is 26.1 Å². The van der Waals surface area contributed by atoms with Crippen LogP contribution in [-0.4, -0.2) is 24.7 Å². The monoisotopic (exact) mass is 332 g/mol. The summed E-state index contributed by atoms with van der Waals surface area (Å²) in [6.07, 6.45) is 3.55. The van der Waals surface area contributed by atoms with Gasteiger partial charge in [-0.3, -0.25) is 0 Å². The second kappa shape index (κ2) is 5.22. The fourth-order valence-corrected chi connectivity index (χ4v) is 2.42. The van der Waals surface area contributed by atoms with Crippen molar-refractivity contribution in [2.45, 2.75) is 13.5 Å². The lowest BCUT2D eigenvalue weighted by molar-refractivity contribution is 0.280. The molecule has 0 fully saturated rings. The Balaban J connectivity index is 2.25. The van der Waals surface area contributed by atoms with Gasteiger partial charge in [-0.25, -0.2) is 9.36 Å². The van der Waals surface area contributed by atoms with E-state index < -0.39 is 0 Å². The van der Waals surface area contributed by atoms with E-state index in [9.17, 15) is 5.11 Å². The first kappa shape index (κ1) is 13.1. The van der Waals surface area contributed by atoms with E-state index in [1.54, 1.807) is 15.6 Å². The first-order chi connectivity index (χ1) is 9.70. The highest BCUT2D eigenvalue weighted by Crippen LogP contribution is 2.23. The van der Waals surface area contributed by atoms with Gasteiger partial charge in [-0.15, -0.1) is 0 Å². The summed E-state index contributed by atoms with van der Waals surface area (Å²) >= 11 is 3.39. The Hall–Kier alpha value is -1.92. The van der Waals surface area contributed by atoms with Crippen molar-refractivity contribution in [2.24, 2.45) is 0 Å². The van der Waals surface area contributed by atoms with Crippen LogP contribution in [0.1, 0.15) is 11.3 Å². The zero-order chi connectivity index (χ0) is 14.1. The zero-order valence-corrected chi connectivity index (χ0v) is 12.4. The minimum absolute atomic E-state index is 0.0779. The number of benzene rings is 1. The second-order valence-corrected chi connectivity index (χ2v) is 5.31. The molecule has 0 saturated heterocycles. The molecule has 0 saturated carbocycles. The molecule has 1 aromatic carbocycles. The van der Waals surface area contributed by atoms with Crippen molar-refractivity contribution in [1.82, 2.24) is 19.6 Å². The predicted octanol–water partition coefficient (Wildman–Crippen LogP) is 2.62. The highest BCUT2D eigenvalue weighted by atomic mass is 79.9. The predicted molar refractivity (Wildman–Crippen MR) is 79.0 cm³/mol. The van der Waals surface area contributed by atoms with Crippen LogP contribution in [0.3, 0.4) is 0 Å². The van der Waals surface area contributed by atoms with Gasteiger partial charge in [0, 0.05) is 11.8 Å². The SMILES string of the molecule is Cc1nn(-c2ccccc2)c(-n2cc(Br)cn2)c1CO. The molecule has 0 unspecified atom stereocenters. The average molecular weight is 333 g/mol. The smallest absolute Gasteiger partial charge is 0.162 e. The van der Waals surface area contributed by atoms with Crippen molar-refractivity contribution < 1.29 is 5.11 Å². The molecule has 102 valence electrons. The Morgan fingerprint density at radius 1 is 1.25 bits per heavy atom. The Kier molecular flexibility index (Phi) is 3.42. The second-order valence-electron chi connectivity index (χ2n) is 4.40. The summed E-state index contributed by atoms with van der Waals surface area (Å²) in [7, 11) is 0. The third kappa shape index (κ3) is 2.17. The maximum Gasteiger partial charge on any atom is 0.162 e. The Morgan fingerprint density at radius 2 is 2.00 bits per heavy atom. The van der Waals surface area contributed by atoms with E-state index in [0.717, 1.165) is 27.2 Å². The van der Waals surface area contributed by atoms with Crippen LogP contribution in [0.5, 0.6) is 0 Å². The number of halogens is 1. The maximum atomic E-state index is 9.62. The minimum atomic E-state index is -0.0779. The fourth-order valence-electron chi connectivity index (χ4n) is 2.13. The number of para-hydroxylation sites is 1. The van der Waals surface area contributed by atoms with E-state index in [0.29, 0.717) is 0 Å². The normalized spacial score (nSPS) is 10.9. The van der Waals surface area contributed by atoms with E-state index in [-0.39, 0.29) is 6.61 Å². The summed E-state index contributed by atoms with van der Waals surface area (Å²) in [5.74, 6) is 0.752. The quantitative estimate of drug-likeness (QED) is 0.802. The van der Waals surface area contributed by atoms with E-state index in [1.807, 2.05) is 43.5 Å². The Morgan fingerprint density at radius 3 is 2.60 bits per heavy atom. The van der Waals surface area contributed by atoms with Crippen LogP contribution in [0, 0.1) is 6.92 Å². The van der Waals surface area contributed by atoms with E-state index in [1.165, 1.54) is 0 Å². The highest BCUT2D eigenvalue weighted by Gasteiger charge is 2.18. The van der Waals surface area contributed by atoms with Gasteiger partial charge >= 0.3 is 0 Å². The fraction of sp³-hybridized carbons (Fsp3) is 0.143. The number of aliphatic hydroxyl groups excluding tert-OH is 1. The molecule has 0 amide bonds. The number of nitrogens with zero attached hydrogens (tertiary/aromatic N) is 4. The number of hydrogen-bond donors (Lipinski definition) is 1. The Labute approximate surface area is 124 Å². The van der Waals surface area contributed by atoms with Crippen LogP contribution in [0.15, 0.2) is 47.2 Å². The molecule has 6 heteroatoms. The van der Waals surface area contributed by atoms with Gasteiger partial charge in [0.1, 0.15) is 0 Å². The van der Waals surface area contributed by atoms with E-state index in [4.69, 9.17) is 0 Å². The number of aliphatic hydroxyl groups is 1.